The Labute approximate surface area is 122 Å². The van der Waals surface area contributed by atoms with Gasteiger partial charge in [0.1, 0.15) is 5.82 Å². The van der Waals surface area contributed by atoms with E-state index in [-0.39, 0.29) is 5.56 Å². The molecule has 0 heterocycles. The minimum absolute atomic E-state index is 0.0681. The molecule has 0 radical (unpaired) electrons. The van der Waals surface area contributed by atoms with Crippen LogP contribution in [-0.2, 0) is 12.4 Å². The number of benzene rings is 2. The van der Waals surface area contributed by atoms with Crippen LogP contribution in [0.3, 0.4) is 0 Å². The van der Waals surface area contributed by atoms with Crippen molar-refractivity contribution >= 4 is 17.5 Å². The predicted octanol–water partition coefficient (Wildman–Crippen LogP) is 3.80. The quantitative estimate of drug-likeness (QED) is 0.853. The first-order valence-electron chi connectivity index (χ1n) is 6.29. The Morgan fingerprint density at radius 2 is 1.90 bits per heavy atom. The Kier molecular flexibility index (Phi) is 4.74. The first-order valence-corrected chi connectivity index (χ1v) is 6.82. The van der Waals surface area contributed by atoms with Crippen LogP contribution >= 0.6 is 11.6 Å². The van der Waals surface area contributed by atoms with Gasteiger partial charge in [0.05, 0.1) is 5.56 Å². The van der Waals surface area contributed by atoms with Gasteiger partial charge in [-0.3, -0.25) is 4.79 Å². The van der Waals surface area contributed by atoms with E-state index in [1.54, 1.807) is 19.1 Å². The van der Waals surface area contributed by atoms with E-state index in [2.05, 4.69) is 5.32 Å². The Hall–Kier alpha value is -1.87. The number of aryl methyl sites for hydroxylation is 1. The number of halogens is 2. The summed E-state index contributed by atoms with van der Waals surface area (Å²) in [6, 6.07) is 12.4. The highest BCUT2D eigenvalue weighted by molar-refractivity contribution is 6.17. The van der Waals surface area contributed by atoms with Crippen molar-refractivity contribution in [3.8, 4) is 0 Å². The largest absolute Gasteiger partial charge is 0.348 e. The molecular formula is C16H15ClFNO. The van der Waals surface area contributed by atoms with Gasteiger partial charge in [-0.25, -0.2) is 4.39 Å². The van der Waals surface area contributed by atoms with E-state index in [9.17, 15) is 9.18 Å². The minimum atomic E-state index is -0.473. The fourth-order valence-corrected chi connectivity index (χ4v) is 2.09. The third kappa shape index (κ3) is 3.36. The molecule has 0 aromatic heterocycles. The lowest BCUT2D eigenvalue weighted by Gasteiger charge is -2.08. The molecule has 2 aromatic carbocycles. The molecule has 2 rings (SSSR count). The molecule has 0 saturated heterocycles. The molecule has 1 amide bonds. The van der Waals surface area contributed by atoms with Gasteiger partial charge in [0.25, 0.3) is 5.91 Å². The Morgan fingerprint density at radius 3 is 2.65 bits per heavy atom. The van der Waals surface area contributed by atoms with Crippen molar-refractivity contribution in [1.82, 2.24) is 5.32 Å². The van der Waals surface area contributed by atoms with E-state index in [1.807, 2.05) is 24.3 Å². The summed E-state index contributed by atoms with van der Waals surface area (Å²) < 4.78 is 13.8. The van der Waals surface area contributed by atoms with E-state index in [0.717, 1.165) is 11.1 Å². The van der Waals surface area contributed by atoms with E-state index in [1.165, 1.54) is 6.07 Å². The molecule has 0 aliphatic heterocycles. The summed E-state index contributed by atoms with van der Waals surface area (Å²) in [6.07, 6.45) is 0. The van der Waals surface area contributed by atoms with E-state index >= 15 is 0 Å². The molecular weight excluding hydrogens is 277 g/mol. The van der Waals surface area contributed by atoms with E-state index in [4.69, 9.17) is 11.6 Å². The van der Waals surface area contributed by atoms with Crippen LogP contribution in [0.1, 0.15) is 27.0 Å². The standard InChI is InChI=1S/C16H15ClFNO/c1-11-4-2-7-14(15(11)18)16(20)19-10-13-6-3-5-12(8-13)9-17/h2-8H,9-10H2,1H3,(H,19,20). The second-order valence-electron chi connectivity index (χ2n) is 4.57. The van der Waals surface area contributed by atoms with Crippen molar-refractivity contribution in [3.05, 3.63) is 70.5 Å². The molecule has 4 heteroatoms. The lowest BCUT2D eigenvalue weighted by Crippen LogP contribution is -2.24. The maximum absolute atomic E-state index is 13.8. The lowest BCUT2D eigenvalue weighted by molar-refractivity contribution is 0.0946. The third-order valence-electron chi connectivity index (χ3n) is 3.04. The molecule has 0 aliphatic rings. The highest BCUT2D eigenvalue weighted by Crippen LogP contribution is 2.12. The number of carbonyl (C=O) groups is 1. The number of carbonyl (C=O) groups excluding carboxylic acids is 1. The number of nitrogens with one attached hydrogen (secondary N) is 1. The van der Waals surface area contributed by atoms with Crippen molar-refractivity contribution in [2.24, 2.45) is 0 Å². The second kappa shape index (κ2) is 6.53. The monoisotopic (exact) mass is 291 g/mol. The first kappa shape index (κ1) is 14.5. The SMILES string of the molecule is Cc1cccc(C(=O)NCc2cccc(CCl)c2)c1F. The molecule has 0 saturated carbocycles. The van der Waals surface area contributed by atoms with Crippen molar-refractivity contribution in [1.29, 1.82) is 0 Å². The third-order valence-corrected chi connectivity index (χ3v) is 3.34. The summed E-state index contributed by atoms with van der Waals surface area (Å²) in [5.74, 6) is -0.462. The van der Waals surface area contributed by atoms with Crippen molar-refractivity contribution in [2.45, 2.75) is 19.3 Å². The summed E-state index contributed by atoms with van der Waals surface area (Å²) >= 11 is 5.76. The molecule has 104 valence electrons. The van der Waals surface area contributed by atoms with Crippen LogP contribution in [0.15, 0.2) is 42.5 Å². The van der Waals surface area contributed by atoms with Gasteiger partial charge in [-0.05, 0) is 29.7 Å². The number of alkyl halides is 1. The molecule has 2 nitrogen and oxygen atoms in total. The molecule has 0 spiro atoms. The van der Waals surface area contributed by atoms with Crippen LogP contribution in [0.2, 0.25) is 0 Å². The zero-order valence-corrected chi connectivity index (χ0v) is 11.9. The number of hydrogen-bond donors (Lipinski definition) is 1. The van der Waals surface area contributed by atoms with Crippen molar-refractivity contribution < 1.29 is 9.18 Å². The number of rotatable bonds is 4. The molecule has 0 bridgehead atoms. The summed E-state index contributed by atoms with van der Waals surface area (Å²) in [6.45, 7) is 1.98. The Morgan fingerprint density at radius 1 is 1.20 bits per heavy atom. The first-order chi connectivity index (χ1) is 9.61. The van der Waals surface area contributed by atoms with E-state index in [0.29, 0.717) is 18.0 Å². The maximum atomic E-state index is 13.8. The molecule has 20 heavy (non-hydrogen) atoms. The average molecular weight is 292 g/mol. The highest BCUT2D eigenvalue weighted by Gasteiger charge is 2.12. The zero-order valence-electron chi connectivity index (χ0n) is 11.1. The molecule has 2 aromatic rings. The van der Waals surface area contributed by atoms with Gasteiger partial charge in [0, 0.05) is 12.4 Å². The summed E-state index contributed by atoms with van der Waals surface area (Å²) in [5, 5.41) is 2.71. The predicted molar refractivity (Wildman–Crippen MR) is 78.3 cm³/mol. The topological polar surface area (TPSA) is 29.1 Å². The summed E-state index contributed by atoms with van der Waals surface area (Å²) in [7, 11) is 0. The molecule has 1 N–H and O–H groups in total. The van der Waals surface area contributed by atoms with Crippen LogP contribution in [0, 0.1) is 12.7 Å². The van der Waals surface area contributed by atoms with Crippen molar-refractivity contribution in [2.75, 3.05) is 0 Å². The molecule has 0 unspecified atom stereocenters. The smallest absolute Gasteiger partial charge is 0.254 e. The molecule has 0 atom stereocenters. The second-order valence-corrected chi connectivity index (χ2v) is 4.84. The van der Waals surface area contributed by atoms with Gasteiger partial charge in [-0.15, -0.1) is 11.6 Å². The normalized spacial score (nSPS) is 10.3. The van der Waals surface area contributed by atoms with Crippen LogP contribution in [0.4, 0.5) is 4.39 Å². The van der Waals surface area contributed by atoms with Gasteiger partial charge in [0.2, 0.25) is 0 Å². The maximum Gasteiger partial charge on any atom is 0.254 e. The summed E-state index contributed by atoms with van der Waals surface area (Å²) in [4.78, 5) is 12.0. The van der Waals surface area contributed by atoms with Crippen LogP contribution in [0.5, 0.6) is 0 Å². The van der Waals surface area contributed by atoms with Gasteiger partial charge in [-0.2, -0.15) is 0 Å². The molecule has 0 fully saturated rings. The average Bonchev–Trinajstić information content (AvgIpc) is 2.48. The van der Waals surface area contributed by atoms with Crippen LogP contribution in [0.25, 0.3) is 0 Å². The highest BCUT2D eigenvalue weighted by atomic mass is 35.5. The molecule has 0 aliphatic carbocycles. The number of amides is 1. The van der Waals surface area contributed by atoms with Crippen LogP contribution < -0.4 is 5.32 Å². The van der Waals surface area contributed by atoms with Crippen molar-refractivity contribution in [3.63, 3.8) is 0 Å². The van der Waals surface area contributed by atoms with Gasteiger partial charge in [-0.1, -0.05) is 36.4 Å². The lowest BCUT2D eigenvalue weighted by atomic mass is 10.1. The zero-order chi connectivity index (χ0) is 14.5. The number of hydrogen-bond acceptors (Lipinski definition) is 1. The van der Waals surface area contributed by atoms with Crippen LogP contribution in [-0.4, -0.2) is 5.91 Å². The fraction of sp³-hybridized carbons (Fsp3) is 0.188. The van der Waals surface area contributed by atoms with Gasteiger partial charge >= 0.3 is 0 Å². The Balaban J connectivity index is 2.06. The van der Waals surface area contributed by atoms with Gasteiger partial charge < -0.3 is 5.32 Å². The summed E-state index contributed by atoms with van der Waals surface area (Å²) in [5.41, 5.74) is 2.45. The Bertz CT molecular complexity index is 628. The van der Waals surface area contributed by atoms with E-state index < -0.39 is 11.7 Å². The van der Waals surface area contributed by atoms with Gasteiger partial charge in [0.15, 0.2) is 0 Å². The fourth-order valence-electron chi connectivity index (χ4n) is 1.92. The minimum Gasteiger partial charge on any atom is -0.348 e.